The molecule has 0 saturated heterocycles. The number of nitrogens with two attached hydrogens (primary N) is 1. The van der Waals surface area contributed by atoms with E-state index in [1.165, 1.54) is 31.2 Å². The third kappa shape index (κ3) is 1.78. The Morgan fingerprint density at radius 2 is 2.07 bits per heavy atom. The predicted octanol–water partition coefficient (Wildman–Crippen LogP) is 1.72. The monoisotopic (exact) mass is 204 g/mol. The molecule has 15 heavy (non-hydrogen) atoms. The van der Waals surface area contributed by atoms with E-state index in [1.54, 1.807) is 0 Å². The molecule has 2 fully saturated rings. The molecule has 2 aliphatic carbocycles. The Hall–Kier alpha value is -1.25. The van der Waals surface area contributed by atoms with Crippen LogP contribution in [-0.2, 0) is 6.54 Å². The Morgan fingerprint density at radius 1 is 1.33 bits per heavy atom. The van der Waals surface area contributed by atoms with Crippen LogP contribution in [0.2, 0.25) is 0 Å². The molecule has 0 spiro atoms. The first-order chi connectivity index (χ1) is 7.24. The van der Waals surface area contributed by atoms with Crippen molar-refractivity contribution in [3.63, 3.8) is 0 Å². The maximum atomic E-state index is 11.8. The Kier molecular flexibility index (Phi) is 1.87. The Morgan fingerprint density at radius 3 is 2.67 bits per heavy atom. The number of nitrogens with zero attached hydrogens (tertiary/aromatic N) is 1. The zero-order valence-corrected chi connectivity index (χ0v) is 8.78. The minimum absolute atomic E-state index is 0.00806. The molecule has 2 aliphatic rings. The van der Waals surface area contributed by atoms with E-state index in [9.17, 15) is 4.79 Å². The molecule has 1 heterocycles. The van der Waals surface area contributed by atoms with Gasteiger partial charge in [-0.15, -0.1) is 0 Å². The summed E-state index contributed by atoms with van der Waals surface area (Å²) < 4.78 is 1.82. The van der Waals surface area contributed by atoms with Gasteiger partial charge in [0.25, 0.3) is 5.56 Å². The average molecular weight is 204 g/mol. The topological polar surface area (TPSA) is 48.0 Å². The zero-order valence-electron chi connectivity index (χ0n) is 8.78. The lowest BCUT2D eigenvalue weighted by Crippen LogP contribution is -2.23. The molecule has 0 bridgehead atoms. The molecular formula is C12H16N2O. The Bertz CT molecular complexity index is 441. The van der Waals surface area contributed by atoms with Gasteiger partial charge in [0.05, 0.1) is 5.69 Å². The van der Waals surface area contributed by atoms with Gasteiger partial charge in [0.15, 0.2) is 0 Å². The van der Waals surface area contributed by atoms with Crippen molar-refractivity contribution in [2.75, 3.05) is 5.73 Å². The van der Waals surface area contributed by atoms with Crippen LogP contribution in [0.5, 0.6) is 0 Å². The minimum Gasteiger partial charge on any atom is -0.394 e. The first-order valence-corrected chi connectivity index (χ1v) is 5.74. The summed E-state index contributed by atoms with van der Waals surface area (Å²) in [6, 6.07) is 1.86. The van der Waals surface area contributed by atoms with Crippen LogP contribution in [0.3, 0.4) is 0 Å². The molecule has 1 aromatic rings. The quantitative estimate of drug-likeness (QED) is 0.815. The molecule has 2 N–H and O–H groups in total. The number of anilines is 1. The summed E-state index contributed by atoms with van der Waals surface area (Å²) in [4.78, 5) is 11.8. The molecule has 3 nitrogen and oxygen atoms in total. The first-order valence-electron chi connectivity index (χ1n) is 5.74. The summed E-state index contributed by atoms with van der Waals surface area (Å²) in [5, 5.41) is 0. The highest BCUT2D eigenvalue weighted by Crippen LogP contribution is 2.40. The van der Waals surface area contributed by atoms with Crippen LogP contribution in [0.25, 0.3) is 0 Å². The van der Waals surface area contributed by atoms with Gasteiger partial charge in [0.2, 0.25) is 0 Å². The van der Waals surface area contributed by atoms with Crippen molar-refractivity contribution in [1.82, 2.24) is 4.57 Å². The largest absolute Gasteiger partial charge is 0.394 e. The number of hydrogen-bond acceptors (Lipinski definition) is 2. The number of pyridine rings is 1. The van der Waals surface area contributed by atoms with Gasteiger partial charge in [-0.1, -0.05) is 0 Å². The molecule has 0 radical (unpaired) electrons. The Labute approximate surface area is 88.9 Å². The summed E-state index contributed by atoms with van der Waals surface area (Å²) in [5.41, 5.74) is 7.42. The molecule has 3 heteroatoms. The predicted molar refractivity (Wildman–Crippen MR) is 59.8 cm³/mol. The summed E-state index contributed by atoms with van der Waals surface area (Å²) in [6.45, 7) is 0.865. The van der Waals surface area contributed by atoms with Gasteiger partial charge in [-0.2, -0.15) is 0 Å². The minimum atomic E-state index is -0.00806. The fourth-order valence-electron chi connectivity index (χ4n) is 2.04. The van der Waals surface area contributed by atoms with Gasteiger partial charge in [0.1, 0.15) is 0 Å². The smallest absolute Gasteiger partial charge is 0.273 e. The van der Waals surface area contributed by atoms with Crippen molar-refractivity contribution >= 4 is 5.69 Å². The molecule has 0 amide bonds. The zero-order chi connectivity index (χ0) is 10.4. The second-order valence-corrected chi connectivity index (χ2v) is 4.90. The molecule has 0 unspecified atom stereocenters. The highest BCUT2D eigenvalue weighted by Gasteiger charge is 2.26. The maximum absolute atomic E-state index is 11.8. The summed E-state index contributed by atoms with van der Waals surface area (Å²) in [7, 11) is 0. The van der Waals surface area contributed by atoms with Crippen molar-refractivity contribution in [1.29, 1.82) is 0 Å². The van der Waals surface area contributed by atoms with Gasteiger partial charge >= 0.3 is 0 Å². The van der Waals surface area contributed by atoms with E-state index in [0.717, 1.165) is 12.5 Å². The molecule has 0 aliphatic heterocycles. The van der Waals surface area contributed by atoms with Crippen LogP contribution in [0.1, 0.15) is 37.2 Å². The molecular weight excluding hydrogens is 188 g/mol. The van der Waals surface area contributed by atoms with Crippen LogP contribution < -0.4 is 11.3 Å². The summed E-state index contributed by atoms with van der Waals surface area (Å²) in [6.07, 6.45) is 7.05. The lowest BCUT2D eigenvalue weighted by atomic mass is 10.2. The van der Waals surface area contributed by atoms with Gasteiger partial charge in [-0.05, 0) is 49.1 Å². The molecule has 3 rings (SSSR count). The standard InChI is InChI=1S/C12H16N2O/c13-11-5-10(9-3-4-9)7-14(12(11)15)6-8-1-2-8/h5,7-9H,1-4,6,13H2. The van der Waals surface area contributed by atoms with E-state index in [0.29, 0.717) is 11.6 Å². The van der Waals surface area contributed by atoms with Gasteiger partial charge < -0.3 is 10.3 Å². The van der Waals surface area contributed by atoms with Crippen molar-refractivity contribution < 1.29 is 0 Å². The molecule has 1 aromatic heterocycles. The van der Waals surface area contributed by atoms with E-state index in [1.807, 2.05) is 16.8 Å². The highest BCUT2D eigenvalue weighted by molar-refractivity contribution is 5.40. The van der Waals surface area contributed by atoms with E-state index in [-0.39, 0.29) is 5.56 Å². The third-order valence-electron chi connectivity index (χ3n) is 3.34. The number of hydrogen-bond donors (Lipinski definition) is 1. The van der Waals surface area contributed by atoms with Crippen LogP contribution in [0.4, 0.5) is 5.69 Å². The van der Waals surface area contributed by atoms with E-state index >= 15 is 0 Å². The fourth-order valence-corrected chi connectivity index (χ4v) is 2.04. The van der Waals surface area contributed by atoms with Crippen LogP contribution in [-0.4, -0.2) is 4.57 Å². The SMILES string of the molecule is Nc1cc(C2CC2)cn(CC2CC2)c1=O. The van der Waals surface area contributed by atoms with Gasteiger partial charge in [0, 0.05) is 12.7 Å². The lowest BCUT2D eigenvalue weighted by molar-refractivity contribution is 0.604. The van der Waals surface area contributed by atoms with Crippen LogP contribution in [0.15, 0.2) is 17.1 Å². The highest BCUT2D eigenvalue weighted by atomic mass is 16.1. The van der Waals surface area contributed by atoms with Crippen molar-refractivity contribution in [3.05, 3.63) is 28.2 Å². The van der Waals surface area contributed by atoms with E-state index in [2.05, 4.69) is 0 Å². The molecule has 0 atom stereocenters. The van der Waals surface area contributed by atoms with Crippen LogP contribution in [0, 0.1) is 5.92 Å². The Balaban J connectivity index is 1.97. The fraction of sp³-hybridized carbons (Fsp3) is 0.583. The summed E-state index contributed by atoms with van der Waals surface area (Å²) in [5.74, 6) is 1.38. The molecule has 0 aromatic carbocycles. The summed E-state index contributed by atoms with van der Waals surface area (Å²) >= 11 is 0. The van der Waals surface area contributed by atoms with Crippen molar-refractivity contribution in [2.45, 2.75) is 38.1 Å². The van der Waals surface area contributed by atoms with Crippen LogP contribution >= 0.6 is 0 Å². The number of aromatic nitrogens is 1. The van der Waals surface area contributed by atoms with Crippen molar-refractivity contribution in [2.24, 2.45) is 5.92 Å². The average Bonchev–Trinajstić information content (AvgIpc) is 3.03. The number of nitrogen functional groups attached to an aromatic ring is 1. The van der Waals surface area contributed by atoms with E-state index in [4.69, 9.17) is 5.73 Å². The van der Waals surface area contributed by atoms with Gasteiger partial charge in [-0.3, -0.25) is 4.79 Å². The normalized spacial score (nSPS) is 20.5. The van der Waals surface area contributed by atoms with E-state index < -0.39 is 0 Å². The second kappa shape index (κ2) is 3.12. The van der Waals surface area contributed by atoms with Gasteiger partial charge in [-0.25, -0.2) is 0 Å². The third-order valence-corrected chi connectivity index (χ3v) is 3.34. The lowest BCUT2D eigenvalue weighted by Gasteiger charge is -2.08. The molecule has 2 saturated carbocycles. The first kappa shape index (κ1) is 9.01. The maximum Gasteiger partial charge on any atom is 0.273 e. The number of rotatable bonds is 3. The van der Waals surface area contributed by atoms with Crippen molar-refractivity contribution in [3.8, 4) is 0 Å². The second-order valence-electron chi connectivity index (χ2n) is 4.90. The molecule has 80 valence electrons.